The molecule has 2 heteroatoms. The molecular weight excluding hydrogens is 258 g/mol. The van der Waals surface area contributed by atoms with Crippen LogP contribution in [0, 0.1) is 0 Å². The van der Waals surface area contributed by atoms with Crippen molar-refractivity contribution >= 4 is 0 Å². The van der Waals surface area contributed by atoms with Crippen molar-refractivity contribution in [2.45, 2.75) is 68.6 Å². The fourth-order valence-corrected chi connectivity index (χ4v) is 5.62. The molecule has 4 bridgehead atoms. The molecule has 0 saturated carbocycles. The van der Waals surface area contributed by atoms with E-state index in [1.54, 1.807) is 11.1 Å². The number of likely N-dealkylation sites (tertiary alicyclic amines) is 1. The van der Waals surface area contributed by atoms with Crippen molar-refractivity contribution in [3.63, 3.8) is 0 Å². The highest BCUT2D eigenvalue weighted by Gasteiger charge is 2.53. The third kappa shape index (κ3) is 1.85. The Labute approximate surface area is 127 Å². The Bertz CT molecular complexity index is 513. The molecule has 1 aromatic carbocycles. The van der Waals surface area contributed by atoms with Gasteiger partial charge >= 0.3 is 0 Å². The van der Waals surface area contributed by atoms with E-state index in [9.17, 15) is 0 Å². The molecule has 2 nitrogen and oxygen atoms in total. The lowest BCUT2D eigenvalue weighted by Crippen LogP contribution is -2.59. The number of hydrogen-bond donors (Lipinski definition) is 0. The molecule has 21 heavy (non-hydrogen) atoms. The van der Waals surface area contributed by atoms with Crippen molar-refractivity contribution in [2.24, 2.45) is 0 Å². The molecule has 3 aliphatic heterocycles. The average Bonchev–Trinajstić information content (AvgIpc) is 2.70. The lowest BCUT2D eigenvalue weighted by Gasteiger charge is -2.54. The predicted molar refractivity (Wildman–Crippen MR) is 83.4 cm³/mol. The third-order valence-corrected chi connectivity index (χ3v) is 6.42. The van der Waals surface area contributed by atoms with Gasteiger partial charge in [-0.15, -0.1) is 0 Å². The Morgan fingerprint density at radius 2 is 1.52 bits per heavy atom. The Balaban J connectivity index is 1.57. The molecular formula is C19H25NO. The minimum atomic E-state index is 0.0654. The van der Waals surface area contributed by atoms with Crippen LogP contribution in [0.25, 0.3) is 0 Å². The minimum absolute atomic E-state index is 0.0654. The van der Waals surface area contributed by atoms with Crippen LogP contribution in [0.15, 0.2) is 24.3 Å². The maximum atomic E-state index is 6.69. The van der Waals surface area contributed by atoms with Crippen LogP contribution in [0.1, 0.15) is 67.9 Å². The zero-order valence-electron chi connectivity index (χ0n) is 12.8. The van der Waals surface area contributed by atoms with E-state index < -0.39 is 0 Å². The second-order valence-electron chi connectivity index (χ2n) is 7.64. The largest absolute Gasteiger partial charge is 0.357 e. The van der Waals surface area contributed by atoms with Crippen LogP contribution < -0.4 is 0 Å². The van der Waals surface area contributed by atoms with Crippen LogP contribution >= 0.6 is 0 Å². The molecule has 0 N–H and O–H groups in total. The zero-order valence-corrected chi connectivity index (χ0v) is 12.8. The number of piperidine rings is 1. The highest BCUT2D eigenvalue weighted by atomic mass is 16.5. The molecule has 2 unspecified atom stereocenters. The van der Waals surface area contributed by atoms with Gasteiger partial charge in [0.05, 0.1) is 6.10 Å². The van der Waals surface area contributed by atoms with E-state index in [4.69, 9.17) is 4.74 Å². The lowest BCUT2D eigenvalue weighted by atomic mass is 9.78. The highest BCUT2D eigenvalue weighted by molar-refractivity contribution is 5.38. The van der Waals surface area contributed by atoms with Crippen molar-refractivity contribution in [2.75, 3.05) is 13.1 Å². The van der Waals surface area contributed by atoms with Crippen LogP contribution in [0.5, 0.6) is 0 Å². The molecule has 1 aromatic rings. The van der Waals surface area contributed by atoms with E-state index in [0.717, 1.165) is 11.8 Å². The van der Waals surface area contributed by atoms with Gasteiger partial charge in [0.25, 0.3) is 0 Å². The maximum Gasteiger partial charge on any atom is 0.123 e. The van der Waals surface area contributed by atoms with Crippen molar-refractivity contribution in [1.29, 1.82) is 0 Å². The summed E-state index contributed by atoms with van der Waals surface area (Å²) in [7, 11) is 0. The molecule has 0 spiro atoms. The summed E-state index contributed by atoms with van der Waals surface area (Å²) in [5.74, 6) is 1.46. The number of benzene rings is 1. The molecule has 0 amide bonds. The van der Waals surface area contributed by atoms with Gasteiger partial charge in [0.2, 0.25) is 0 Å². The van der Waals surface area contributed by atoms with Crippen LogP contribution in [-0.4, -0.2) is 29.8 Å². The summed E-state index contributed by atoms with van der Waals surface area (Å²) in [6, 6.07) is 9.26. The molecule has 2 aliphatic carbocycles. The molecule has 3 fully saturated rings. The SMILES string of the molecule is c1ccc2c(c1)C1CC3CC2CC(N2CCCCC2)(C1)O3. The molecule has 112 valence electrons. The molecule has 0 aromatic heterocycles. The third-order valence-electron chi connectivity index (χ3n) is 6.42. The second kappa shape index (κ2) is 4.57. The summed E-state index contributed by atoms with van der Waals surface area (Å²) in [6.07, 6.45) is 9.59. The van der Waals surface area contributed by atoms with Gasteiger partial charge in [-0.3, -0.25) is 4.90 Å². The van der Waals surface area contributed by atoms with Gasteiger partial charge in [-0.25, -0.2) is 0 Å². The standard InChI is InChI=1S/C19H25NO/c1-4-8-20(9-5-1)19-12-14-10-16(21-19)11-15(13-19)18-7-3-2-6-17(14)18/h2-3,6-7,14-16H,1,4-5,8-13H2. The van der Waals surface area contributed by atoms with Crippen molar-refractivity contribution in [1.82, 2.24) is 4.90 Å². The summed E-state index contributed by atoms with van der Waals surface area (Å²) in [4.78, 5) is 2.72. The van der Waals surface area contributed by atoms with Crippen molar-refractivity contribution < 1.29 is 4.74 Å². The number of nitrogens with zero attached hydrogens (tertiary/aromatic N) is 1. The summed E-state index contributed by atoms with van der Waals surface area (Å²) in [5.41, 5.74) is 3.36. The van der Waals surface area contributed by atoms with E-state index in [1.165, 1.54) is 58.0 Å². The fraction of sp³-hybridized carbons (Fsp3) is 0.684. The molecule has 3 heterocycles. The van der Waals surface area contributed by atoms with Crippen molar-refractivity contribution in [3.05, 3.63) is 35.4 Å². The maximum absolute atomic E-state index is 6.69. The molecule has 3 saturated heterocycles. The van der Waals surface area contributed by atoms with Gasteiger partial charge in [-0.2, -0.15) is 0 Å². The van der Waals surface area contributed by atoms with Gasteiger partial charge in [0.15, 0.2) is 0 Å². The van der Waals surface area contributed by atoms with Crippen molar-refractivity contribution in [3.8, 4) is 0 Å². The van der Waals surface area contributed by atoms with Gasteiger partial charge in [-0.1, -0.05) is 30.7 Å². The first-order valence-corrected chi connectivity index (χ1v) is 8.86. The van der Waals surface area contributed by atoms with Gasteiger partial charge in [-0.05, 0) is 61.5 Å². The van der Waals surface area contributed by atoms with Crippen LogP contribution in [0.2, 0.25) is 0 Å². The fourth-order valence-electron chi connectivity index (χ4n) is 5.62. The van der Waals surface area contributed by atoms with Crippen LogP contribution in [0.3, 0.4) is 0 Å². The van der Waals surface area contributed by atoms with E-state index in [0.29, 0.717) is 6.10 Å². The number of ether oxygens (including phenoxy) is 1. The van der Waals surface area contributed by atoms with E-state index in [1.807, 2.05) is 0 Å². The number of rotatable bonds is 1. The quantitative estimate of drug-likeness (QED) is 0.772. The van der Waals surface area contributed by atoms with Gasteiger partial charge in [0, 0.05) is 13.1 Å². The first-order chi connectivity index (χ1) is 10.3. The zero-order chi connectivity index (χ0) is 13.9. The normalized spacial score (nSPS) is 41.8. The number of hydrogen-bond acceptors (Lipinski definition) is 2. The topological polar surface area (TPSA) is 12.5 Å². The summed E-state index contributed by atoms with van der Waals surface area (Å²) < 4.78 is 6.69. The van der Waals surface area contributed by atoms with Crippen LogP contribution in [0.4, 0.5) is 0 Å². The van der Waals surface area contributed by atoms with E-state index >= 15 is 0 Å². The molecule has 6 rings (SSSR count). The first-order valence-electron chi connectivity index (χ1n) is 8.86. The molecule has 2 atom stereocenters. The molecule has 0 radical (unpaired) electrons. The Hall–Kier alpha value is -0.860. The van der Waals surface area contributed by atoms with E-state index in [2.05, 4.69) is 29.2 Å². The Morgan fingerprint density at radius 3 is 2.14 bits per heavy atom. The average molecular weight is 283 g/mol. The van der Waals surface area contributed by atoms with E-state index in [-0.39, 0.29) is 5.72 Å². The first kappa shape index (κ1) is 12.7. The highest BCUT2D eigenvalue weighted by Crippen LogP contribution is 2.56. The van der Waals surface area contributed by atoms with Gasteiger partial charge < -0.3 is 4.74 Å². The Kier molecular flexibility index (Phi) is 2.75. The Morgan fingerprint density at radius 1 is 0.905 bits per heavy atom. The summed E-state index contributed by atoms with van der Waals surface area (Å²) in [6.45, 7) is 2.50. The second-order valence-corrected chi connectivity index (χ2v) is 7.64. The lowest BCUT2D eigenvalue weighted by molar-refractivity contribution is -0.246. The smallest absolute Gasteiger partial charge is 0.123 e. The summed E-state index contributed by atoms with van der Waals surface area (Å²) >= 11 is 0. The van der Waals surface area contributed by atoms with Crippen LogP contribution in [-0.2, 0) is 4.74 Å². The molecule has 5 aliphatic rings. The monoisotopic (exact) mass is 283 g/mol. The minimum Gasteiger partial charge on any atom is -0.357 e. The summed E-state index contributed by atoms with van der Waals surface area (Å²) in [5, 5.41) is 0. The van der Waals surface area contributed by atoms with Gasteiger partial charge in [0.1, 0.15) is 5.72 Å². The predicted octanol–water partition coefficient (Wildman–Crippen LogP) is 4.02.